The number of amides is 1. The van der Waals surface area contributed by atoms with Crippen LogP contribution in [-0.4, -0.2) is 39.4 Å². The highest BCUT2D eigenvalue weighted by Gasteiger charge is 2.02. The molecular weight excluding hydrogens is 250 g/mol. The highest BCUT2D eigenvalue weighted by atomic mass is 16.7. The predicted octanol–water partition coefficient (Wildman–Crippen LogP) is 1.16. The number of benzene rings is 1. The lowest BCUT2D eigenvalue weighted by molar-refractivity contribution is -0.136. The van der Waals surface area contributed by atoms with Crippen molar-refractivity contribution >= 4 is 5.91 Å². The van der Waals surface area contributed by atoms with Crippen molar-refractivity contribution in [1.82, 2.24) is 5.48 Å². The van der Waals surface area contributed by atoms with Gasteiger partial charge in [0.2, 0.25) is 0 Å². The molecule has 19 heavy (non-hydrogen) atoms. The summed E-state index contributed by atoms with van der Waals surface area (Å²) in [4.78, 5) is 16.2. The third kappa shape index (κ3) is 6.64. The van der Waals surface area contributed by atoms with Crippen LogP contribution in [0.5, 0.6) is 11.5 Å². The lowest BCUT2D eigenvalue weighted by atomic mass is 10.3. The predicted molar refractivity (Wildman–Crippen MR) is 69.1 cm³/mol. The summed E-state index contributed by atoms with van der Waals surface area (Å²) in [7, 11) is 1.56. The Balaban J connectivity index is 2.22. The average molecular weight is 269 g/mol. The molecule has 0 unspecified atom stereocenters. The molecule has 1 rings (SSSR count). The molecule has 1 N–H and O–H groups in total. The maximum atomic E-state index is 11.3. The fourth-order valence-corrected chi connectivity index (χ4v) is 1.23. The van der Waals surface area contributed by atoms with Gasteiger partial charge in [0, 0.05) is 7.11 Å². The van der Waals surface area contributed by atoms with E-state index in [4.69, 9.17) is 19.0 Å². The topological polar surface area (TPSA) is 66.0 Å². The van der Waals surface area contributed by atoms with Gasteiger partial charge in [-0.1, -0.05) is 0 Å². The van der Waals surface area contributed by atoms with Gasteiger partial charge in [-0.25, -0.2) is 5.48 Å². The number of ether oxygens (including phenoxy) is 3. The van der Waals surface area contributed by atoms with Crippen LogP contribution in [0.25, 0.3) is 0 Å². The van der Waals surface area contributed by atoms with Crippen molar-refractivity contribution in [3.63, 3.8) is 0 Å². The summed E-state index contributed by atoms with van der Waals surface area (Å²) >= 11 is 0. The molecule has 0 aliphatic heterocycles. The van der Waals surface area contributed by atoms with E-state index in [-0.39, 0.29) is 12.5 Å². The van der Waals surface area contributed by atoms with Gasteiger partial charge < -0.3 is 14.2 Å². The second-order valence-electron chi connectivity index (χ2n) is 3.56. The fourth-order valence-electron chi connectivity index (χ4n) is 1.23. The number of rotatable bonds is 9. The summed E-state index contributed by atoms with van der Waals surface area (Å²) in [5.41, 5.74) is 2.25. The summed E-state index contributed by atoms with van der Waals surface area (Å²) in [6, 6.07) is 7.05. The number of methoxy groups -OCH3 is 1. The fraction of sp³-hybridized carbons (Fsp3) is 0.462. The van der Waals surface area contributed by atoms with E-state index >= 15 is 0 Å². The average Bonchev–Trinajstić information content (AvgIpc) is 2.43. The first-order valence-electron chi connectivity index (χ1n) is 6.01. The summed E-state index contributed by atoms with van der Waals surface area (Å²) in [6.45, 7) is 3.13. The van der Waals surface area contributed by atoms with Crippen LogP contribution in [0.1, 0.15) is 6.92 Å². The molecular formula is C13H19NO5. The second kappa shape index (κ2) is 9.18. The molecule has 106 valence electrons. The van der Waals surface area contributed by atoms with Crippen molar-refractivity contribution < 1.29 is 23.8 Å². The Bertz CT molecular complexity index is 366. The number of nitrogens with one attached hydrogen (secondary N) is 1. The largest absolute Gasteiger partial charge is 0.494 e. The summed E-state index contributed by atoms with van der Waals surface area (Å²) in [6.07, 6.45) is 0. The first-order chi connectivity index (χ1) is 9.26. The molecule has 6 heteroatoms. The van der Waals surface area contributed by atoms with E-state index in [1.54, 1.807) is 31.4 Å². The SMILES string of the molecule is CCOc1ccc(OCC(=O)NOCCOC)cc1. The van der Waals surface area contributed by atoms with Crippen LogP contribution in [0.3, 0.4) is 0 Å². The Hall–Kier alpha value is -1.79. The van der Waals surface area contributed by atoms with Gasteiger partial charge >= 0.3 is 0 Å². The molecule has 0 aliphatic carbocycles. The van der Waals surface area contributed by atoms with Crippen LogP contribution in [0.15, 0.2) is 24.3 Å². The van der Waals surface area contributed by atoms with Crippen LogP contribution in [0, 0.1) is 0 Å². The van der Waals surface area contributed by atoms with Crippen LogP contribution < -0.4 is 15.0 Å². The number of hydrogen-bond donors (Lipinski definition) is 1. The maximum Gasteiger partial charge on any atom is 0.281 e. The summed E-state index contributed by atoms with van der Waals surface area (Å²) < 4.78 is 15.3. The normalized spacial score (nSPS) is 10.0. The molecule has 0 bridgehead atoms. The van der Waals surface area contributed by atoms with Crippen molar-refractivity contribution in [2.75, 3.05) is 33.5 Å². The minimum absolute atomic E-state index is 0.110. The van der Waals surface area contributed by atoms with E-state index in [0.29, 0.717) is 25.6 Å². The third-order valence-corrected chi connectivity index (χ3v) is 2.08. The number of hydroxylamine groups is 1. The Morgan fingerprint density at radius 3 is 2.32 bits per heavy atom. The van der Waals surface area contributed by atoms with E-state index in [2.05, 4.69) is 5.48 Å². The Morgan fingerprint density at radius 2 is 1.74 bits per heavy atom. The zero-order chi connectivity index (χ0) is 13.9. The molecule has 0 aliphatic rings. The highest BCUT2D eigenvalue weighted by molar-refractivity contribution is 5.76. The van der Waals surface area contributed by atoms with Gasteiger partial charge in [-0.2, -0.15) is 0 Å². The molecule has 0 fully saturated rings. The van der Waals surface area contributed by atoms with Crippen LogP contribution in [0.2, 0.25) is 0 Å². The molecule has 0 saturated heterocycles. The van der Waals surface area contributed by atoms with E-state index in [0.717, 1.165) is 5.75 Å². The van der Waals surface area contributed by atoms with E-state index in [1.165, 1.54) is 0 Å². The molecule has 0 heterocycles. The minimum Gasteiger partial charge on any atom is -0.494 e. The maximum absolute atomic E-state index is 11.3. The zero-order valence-corrected chi connectivity index (χ0v) is 11.2. The van der Waals surface area contributed by atoms with Gasteiger partial charge in [0.1, 0.15) is 11.5 Å². The monoisotopic (exact) mass is 269 g/mol. The quantitative estimate of drug-likeness (QED) is 0.538. The van der Waals surface area contributed by atoms with Crippen LogP contribution in [-0.2, 0) is 14.4 Å². The van der Waals surface area contributed by atoms with E-state index < -0.39 is 0 Å². The lowest BCUT2D eigenvalue weighted by Gasteiger charge is -2.08. The van der Waals surface area contributed by atoms with Crippen LogP contribution >= 0.6 is 0 Å². The molecule has 0 aromatic heterocycles. The van der Waals surface area contributed by atoms with Gasteiger partial charge in [-0.05, 0) is 31.2 Å². The molecule has 0 atom stereocenters. The minimum atomic E-state index is -0.356. The number of hydrogen-bond acceptors (Lipinski definition) is 5. The van der Waals surface area contributed by atoms with Gasteiger partial charge in [-0.3, -0.25) is 9.63 Å². The van der Waals surface area contributed by atoms with E-state index in [9.17, 15) is 4.79 Å². The van der Waals surface area contributed by atoms with Gasteiger partial charge in [0.15, 0.2) is 6.61 Å². The number of carbonyl (C=O) groups excluding carboxylic acids is 1. The smallest absolute Gasteiger partial charge is 0.281 e. The molecule has 1 aromatic rings. The first kappa shape index (κ1) is 15.3. The van der Waals surface area contributed by atoms with E-state index in [1.807, 2.05) is 6.92 Å². The van der Waals surface area contributed by atoms with Crippen molar-refractivity contribution in [3.8, 4) is 11.5 Å². The second-order valence-corrected chi connectivity index (χ2v) is 3.56. The van der Waals surface area contributed by atoms with Crippen molar-refractivity contribution in [2.24, 2.45) is 0 Å². The third-order valence-electron chi connectivity index (χ3n) is 2.08. The van der Waals surface area contributed by atoms with Gasteiger partial charge in [-0.15, -0.1) is 0 Å². The van der Waals surface area contributed by atoms with Gasteiger partial charge in [0.05, 0.1) is 19.8 Å². The zero-order valence-electron chi connectivity index (χ0n) is 11.2. The Morgan fingerprint density at radius 1 is 1.11 bits per heavy atom. The van der Waals surface area contributed by atoms with Crippen LogP contribution in [0.4, 0.5) is 0 Å². The van der Waals surface area contributed by atoms with Gasteiger partial charge in [0.25, 0.3) is 5.91 Å². The Labute approximate surface area is 112 Å². The molecule has 0 radical (unpaired) electrons. The Kier molecular flexibility index (Phi) is 7.38. The summed E-state index contributed by atoms with van der Waals surface area (Å²) in [5, 5.41) is 0. The molecule has 1 amide bonds. The number of carbonyl (C=O) groups is 1. The summed E-state index contributed by atoms with van der Waals surface area (Å²) in [5.74, 6) is 1.00. The standard InChI is InChI=1S/C13H19NO5/c1-3-17-11-4-6-12(7-5-11)18-10-13(15)14-19-9-8-16-2/h4-7H,3,8-10H2,1-2H3,(H,14,15). The van der Waals surface area contributed by atoms with Crippen molar-refractivity contribution in [3.05, 3.63) is 24.3 Å². The molecule has 0 saturated carbocycles. The van der Waals surface area contributed by atoms with Crippen molar-refractivity contribution in [1.29, 1.82) is 0 Å². The van der Waals surface area contributed by atoms with Crippen molar-refractivity contribution in [2.45, 2.75) is 6.92 Å². The molecule has 6 nitrogen and oxygen atoms in total. The molecule has 0 spiro atoms. The lowest BCUT2D eigenvalue weighted by Crippen LogP contribution is -2.30. The molecule has 1 aromatic carbocycles. The highest BCUT2D eigenvalue weighted by Crippen LogP contribution is 2.17. The first-order valence-corrected chi connectivity index (χ1v) is 6.01.